The molecular formula is C7H5F3N2O5. The fourth-order valence-corrected chi connectivity index (χ4v) is 1.02. The summed E-state index contributed by atoms with van der Waals surface area (Å²) in [5.74, 6) is -2.81. The maximum atomic E-state index is 11.8. The number of hydrogen-bond acceptors (Lipinski definition) is 5. The van der Waals surface area contributed by atoms with Crippen LogP contribution in [0.4, 0.5) is 19.0 Å². The molecular weight excluding hydrogens is 249 g/mol. The number of alkyl halides is 3. The van der Waals surface area contributed by atoms with E-state index in [-0.39, 0.29) is 0 Å². The van der Waals surface area contributed by atoms with Gasteiger partial charge < -0.3 is 19.6 Å². The number of nitrogens with one attached hydrogen (secondary N) is 1. The van der Waals surface area contributed by atoms with Crippen molar-refractivity contribution in [3.8, 4) is 11.6 Å². The Bertz CT molecular complexity index is 495. The van der Waals surface area contributed by atoms with Gasteiger partial charge in [0.1, 0.15) is 0 Å². The van der Waals surface area contributed by atoms with Crippen molar-refractivity contribution in [3.05, 3.63) is 26.4 Å². The lowest BCUT2D eigenvalue weighted by atomic mass is 10.4. The first-order valence-electron chi connectivity index (χ1n) is 3.96. The standard InChI is InChI=1S/C7H5F3N2O5/c1-16-5-3(13)2-4(17-7(8,9)10)11-6(5)12(14)15/h2H,1H3,(H,11,13). The molecule has 10 heteroatoms. The SMILES string of the molecule is COc1c([N+](=O)[O-])[nH]c(OC(F)(F)F)cc1=O. The number of ether oxygens (including phenoxy) is 2. The Labute approximate surface area is 90.9 Å². The van der Waals surface area contributed by atoms with Crippen LogP contribution < -0.4 is 14.9 Å². The molecule has 0 aliphatic carbocycles. The molecule has 0 unspecified atom stereocenters. The van der Waals surface area contributed by atoms with Gasteiger partial charge in [0.2, 0.25) is 5.43 Å². The summed E-state index contributed by atoms with van der Waals surface area (Å²) in [5, 5.41) is 10.5. The predicted molar refractivity (Wildman–Crippen MR) is 47.0 cm³/mol. The van der Waals surface area contributed by atoms with Crippen molar-refractivity contribution in [3.63, 3.8) is 0 Å². The van der Waals surface area contributed by atoms with Crippen LogP contribution in [0.15, 0.2) is 10.9 Å². The van der Waals surface area contributed by atoms with Crippen molar-refractivity contribution in [2.75, 3.05) is 7.11 Å². The minimum atomic E-state index is -5.06. The van der Waals surface area contributed by atoms with Crippen LogP contribution in [0.25, 0.3) is 0 Å². The van der Waals surface area contributed by atoms with Crippen LogP contribution in [0.1, 0.15) is 0 Å². The summed E-state index contributed by atoms with van der Waals surface area (Å²) in [6.45, 7) is 0. The molecule has 0 saturated heterocycles. The van der Waals surface area contributed by atoms with E-state index in [0.29, 0.717) is 6.07 Å². The van der Waals surface area contributed by atoms with Crippen molar-refractivity contribution in [2.45, 2.75) is 6.36 Å². The van der Waals surface area contributed by atoms with Gasteiger partial charge in [-0.3, -0.25) is 4.79 Å². The number of halogens is 3. The summed E-state index contributed by atoms with van der Waals surface area (Å²) in [5.41, 5.74) is -1.10. The second kappa shape index (κ2) is 4.31. The number of hydrogen-bond donors (Lipinski definition) is 1. The fraction of sp³-hybridized carbons (Fsp3) is 0.286. The van der Waals surface area contributed by atoms with E-state index in [9.17, 15) is 28.1 Å². The molecule has 0 aliphatic rings. The monoisotopic (exact) mass is 254 g/mol. The van der Waals surface area contributed by atoms with Gasteiger partial charge in [0.25, 0.3) is 11.6 Å². The molecule has 1 aromatic heterocycles. The summed E-state index contributed by atoms with van der Waals surface area (Å²) in [4.78, 5) is 22.3. The van der Waals surface area contributed by atoms with Crippen LogP contribution in [0, 0.1) is 10.1 Å². The zero-order valence-corrected chi connectivity index (χ0v) is 8.20. The molecule has 0 amide bonds. The summed E-state index contributed by atoms with van der Waals surface area (Å²) in [6, 6.07) is 0.402. The molecule has 17 heavy (non-hydrogen) atoms. The second-order valence-electron chi connectivity index (χ2n) is 2.68. The number of aromatic nitrogens is 1. The number of rotatable bonds is 3. The first-order chi connectivity index (χ1) is 7.74. The summed E-state index contributed by atoms with van der Waals surface area (Å²) >= 11 is 0. The van der Waals surface area contributed by atoms with Crippen LogP contribution in [-0.4, -0.2) is 23.4 Å². The van der Waals surface area contributed by atoms with Crippen LogP contribution in [-0.2, 0) is 0 Å². The molecule has 94 valence electrons. The van der Waals surface area contributed by atoms with Gasteiger partial charge >= 0.3 is 12.2 Å². The number of nitrogens with zero attached hydrogens (tertiary/aromatic N) is 1. The van der Waals surface area contributed by atoms with Crippen LogP contribution in [0.5, 0.6) is 11.6 Å². The Hall–Kier alpha value is -2.26. The van der Waals surface area contributed by atoms with Crippen LogP contribution in [0.3, 0.4) is 0 Å². The Balaban J connectivity index is 3.30. The lowest BCUT2D eigenvalue weighted by Gasteiger charge is -2.07. The van der Waals surface area contributed by atoms with Gasteiger partial charge in [0, 0.05) is 0 Å². The molecule has 1 N–H and O–H groups in total. The van der Waals surface area contributed by atoms with E-state index in [1.165, 1.54) is 0 Å². The quantitative estimate of drug-likeness (QED) is 0.645. The molecule has 0 atom stereocenters. The predicted octanol–water partition coefficient (Wildman–Crippen LogP) is 1.19. The third kappa shape index (κ3) is 3.09. The molecule has 0 radical (unpaired) electrons. The van der Waals surface area contributed by atoms with Crippen molar-refractivity contribution in [1.82, 2.24) is 4.98 Å². The summed E-state index contributed by atoms with van der Waals surface area (Å²) < 4.78 is 43.3. The summed E-state index contributed by atoms with van der Waals surface area (Å²) in [6.07, 6.45) is -5.06. The third-order valence-electron chi connectivity index (χ3n) is 1.56. The second-order valence-corrected chi connectivity index (χ2v) is 2.68. The number of nitro groups is 1. The number of pyridine rings is 1. The Kier molecular flexibility index (Phi) is 3.25. The van der Waals surface area contributed by atoms with Gasteiger partial charge in [-0.2, -0.15) is 0 Å². The highest BCUT2D eigenvalue weighted by Gasteiger charge is 2.34. The van der Waals surface area contributed by atoms with E-state index in [0.717, 1.165) is 7.11 Å². The Morgan fingerprint density at radius 1 is 1.47 bits per heavy atom. The zero-order valence-electron chi connectivity index (χ0n) is 8.20. The van der Waals surface area contributed by atoms with Gasteiger partial charge in [-0.15, -0.1) is 13.2 Å². The van der Waals surface area contributed by atoms with Crippen molar-refractivity contribution in [1.29, 1.82) is 0 Å². The molecule has 0 saturated carbocycles. The van der Waals surface area contributed by atoms with Crippen LogP contribution in [0.2, 0.25) is 0 Å². The molecule has 0 bridgehead atoms. The smallest absolute Gasteiger partial charge is 0.486 e. The van der Waals surface area contributed by atoms with E-state index < -0.39 is 34.2 Å². The molecule has 1 aromatic rings. The van der Waals surface area contributed by atoms with E-state index in [1.54, 1.807) is 4.98 Å². The molecule has 1 heterocycles. The lowest BCUT2D eigenvalue weighted by Crippen LogP contribution is -2.20. The largest absolute Gasteiger partial charge is 0.575 e. The lowest BCUT2D eigenvalue weighted by molar-refractivity contribution is -0.391. The fourth-order valence-electron chi connectivity index (χ4n) is 1.02. The first-order valence-corrected chi connectivity index (χ1v) is 3.96. The van der Waals surface area contributed by atoms with Gasteiger partial charge in [-0.1, -0.05) is 0 Å². The highest BCUT2D eigenvalue weighted by atomic mass is 19.4. The highest BCUT2D eigenvalue weighted by molar-refractivity contribution is 5.41. The molecule has 0 aliphatic heterocycles. The van der Waals surface area contributed by atoms with Gasteiger partial charge in [-0.05, 0) is 4.92 Å². The van der Waals surface area contributed by atoms with E-state index >= 15 is 0 Å². The topological polar surface area (TPSA) is 94.5 Å². The third-order valence-corrected chi connectivity index (χ3v) is 1.56. The number of methoxy groups -OCH3 is 1. The minimum Gasteiger partial charge on any atom is -0.486 e. The first kappa shape index (κ1) is 12.8. The average Bonchev–Trinajstić information content (AvgIpc) is 2.13. The van der Waals surface area contributed by atoms with E-state index in [2.05, 4.69) is 9.47 Å². The highest BCUT2D eigenvalue weighted by Crippen LogP contribution is 2.25. The maximum Gasteiger partial charge on any atom is 0.575 e. The molecule has 0 spiro atoms. The molecule has 7 nitrogen and oxygen atoms in total. The molecule has 1 rings (SSSR count). The zero-order chi connectivity index (χ0) is 13.2. The van der Waals surface area contributed by atoms with Crippen molar-refractivity contribution >= 4 is 5.82 Å². The van der Waals surface area contributed by atoms with E-state index in [4.69, 9.17) is 0 Å². The molecule has 0 fully saturated rings. The van der Waals surface area contributed by atoms with Crippen LogP contribution >= 0.6 is 0 Å². The van der Waals surface area contributed by atoms with Gasteiger partial charge in [0.05, 0.1) is 13.2 Å². The van der Waals surface area contributed by atoms with E-state index in [1.807, 2.05) is 0 Å². The maximum absolute atomic E-state index is 11.8. The van der Waals surface area contributed by atoms with Gasteiger partial charge in [0.15, 0.2) is 0 Å². The van der Waals surface area contributed by atoms with Crippen molar-refractivity contribution in [2.24, 2.45) is 0 Å². The van der Waals surface area contributed by atoms with Crippen molar-refractivity contribution < 1.29 is 27.6 Å². The van der Waals surface area contributed by atoms with Gasteiger partial charge in [-0.25, -0.2) is 4.98 Å². The molecule has 0 aromatic carbocycles. The number of aromatic amines is 1. The summed E-state index contributed by atoms with van der Waals surface area (Å²) in [7, 11) is 0.974. The Morgan fingerprint density at radius 2 is 2.06 bits per heavy atom. The minimum absolute atomic E-state index is 0.402. The average molecular weight is 254 g/mol. The normalized spacial score (nSPS) is 11.1. The number of H-pyrrole nitrogens is 1. The Morgan fingerprint density at radius 3 is 2.47 bits per heavy atom.